The van der Waals surface area contributed by atoms with Crippen LogP contribution in [0.3, 0.4) is 0 Å². The number of piperazine rings is 1. The second-order valence-corrected chi connectivity index (χ2v) is 10.3. The molecule has 4 aliphatic rings. The molecule has 0 aromatic heterocycles. The number of benzene rings is 1. The number of allylic oxidation sites excluding steroid dienone is 2. The second-order valence-electron chi connectivity index (χ2n) is 9.88. The Morgan fingerprint density at radius 3 is 2.17 bits per heavy atom. The molecule has 0 bridgehead atoms. The average molecular weight is 592 g/mol. The van der Waals surface area contributed by atoms with Gasteiger partial charge in [-0.3, -0.25) is 4.79 Å². The number of dihydropyridines is 1. The first-order chi connectivity index (χ1) is 19.6. The zero-order valence-electron chi connectivity index (χ0n) is 21.8. The van der Waals surface area contributed by atoms with E-state index >= 15 is 0 Å². The molecule has 41 heavy (non-hydrogen) atoms. The number of carbonyl (C=O) groups excluding carboxylic acids is 2. The number of nitrogens with one attached hydrogen (secondary N) is 1. The minimum Gasteiger partial charge on any atom is -0.488 e. The summed E-state index contributed by atoms with van der Waals surface area (Å²) in [6.07, 6.45) is -0.266. The van der Waals surface area contributed by atoms with E-state index in [9.17, 15) is 29.8 Å². The number of carbonyl (C=O) groups is 2. The summed E-state index contributed by atoms with van der Waals surface area (Å²) < 4.78 is 11.7. The Hall–Kier alpha value is -4.53. The molecule has 2 amide bonds. The van der Waals surface area contributed by atoms with Crippen LogP contribution in [0.5, 0.6) is 0 Å². The third-order valence-electron chi connectivity index (χ3n) is 7.40. The molecule has 15 nitrogen and oxygen atoms in total. The van der Waals surface area contributed by atoms with E-state index in [4.69, 9.17) is 21.1 Å². The van der Waals surface area contributed by atoms with Crippen molar-refractivity contribution in [3.63, 3.8) is 0 Å². The second kappa shape index (κ2) is 11.5. The molecular weight excluding hydrogens is 566 g/mol. The van der Waals surface area contributed by atoms with Crippen LogP contribution in [-0.2, 0) is 23.9 Å². The molecule has 5 rings (SSSR count). The van der Waals surface area contributed by atoms with Gasteiger partial charge in [0.05, 0.1) is 17.5 Å². The Bertz CT molecular complexity index is 1310. The highest BCUT2D eigenvalue weighted by Crippen LogP contribution is 2.42. The Morgan fingerprint density at radius 1 is 1.00 bits per heavy atom. The number of hydrogen-bond donors (Lipinski definition) is 1. The molecule has 0 spiro atoms. The topological polar surface area (TPSA) is 176 Å². The van der Waals surface area contributed by atoms with Gasteiger partial charge in [-0.25, -0.2) is 4.79 Å². The minimum atomic E-state index is -1.23. The van der Waals surface area contributed by atoms with Gasteiger partial charge in [0.25, 0.3) is 10.2 Å². The van der Waals surface area contributed by atoms with Crippen LogP contribution >= 0.6 is 11.6 Å². The van der Waals surface area contributed by atoms with E-state index in [0.717, 1.165) is 11.1 Å². The van der Waals surface area contributed by atoms with Gasteiger partial charge in [0.15, 0.2) is 11.9 Å². The summed E-state index contributed by atoms with van der Waals surface area (Å²) in [5.74, 6) is -0.754. The standard InChI is InChI=1S/C25H26ClN5O10/c1-14-22(19-13-38-23(18(19)12-27-14)15-2-4-17(26)5-3-15)39-25(33)29-8-6-28(7-9-29)24(32)16-10-20(40-30(34)35)21(11-16)41-31(36)37/h2-5,12-13,16,20-21,23,27H,6-11H2,1H3/t16-,20+,21-,23?. The molecule has 1 aromatic carbocycles. The number of rotatable bonds is 7. The van der Waals surface area contributed by atoms with Crippen LogP contribution in [-0.4, -0.2) is 70.4 Å². The molecule has 1 aliphatic carbocycles. The largest absolute Gasteiger partial charge is 0.488 e. The molecule has 0 radical (unpaired) electrons. The van der Waals surface area contributed by atoms with Crippen molar-refractivity contribution < 1.29 is 38.9 Å². The van der Waals surface area contributed by atoms with E-state index < -0.39 is 40.5 Å². The van der Waals surface area contributed by atoms with Crippen LogP contribution in [0.4, 0.5) is 4.79 Å². The van der Waals surface area contributed by atoms with Crippen molar-refractivity contribution in [2.24, 2.45) is 5.92 Å². The Kier molecular flexibility index (Phi) is 7.88. The summed E-state index contributed by atoms with van der Waals surface area (Å²) in [6, 6.07) is 7.26. The van der Waals surface area contributed by atoms with Gasteiger partial charge in [0, 0.05) is 48.9 Å². The highest BCUT2D eigenvalue weighted by atomic mass is 35.5. The highest BCUT2D eigenvalue weighted by Gasteiger charge is 2.44. The van der Waals surface area contributed by atoms with Crippen molar-refractivity contribution in [3.8, 4) is 0 Å². The molecule has 218 valence electrons. The summed E-state index contributed by atoms with van der Waals surface area (Å²) in [5, 5.41) is 23.2. The molecule has 16 heteroatoms. The van der Waals surface area contributed by atoms with Crippen molar-refractivity contribution >= 4 is 23.6 Å². The van der Waals surface area contributed by atoms with Crippen LogP contribution in [0.15, 0.2) is 59.3 Å². The summed E-state index contributed by atoms with van der Waals surface area (Å²) in [4.78, 5) is 59.7. The summed E-state index contributed by atoms with van der Waals surface area (Å²) in [6.45, 7) is 2.53. The smallest absolute Gasteiger partial charge is 0.415 e. The normalized spacial score (nSPS) is 25.3. The molecule has 4 atom stereocenters. The highest BCUT2D eigenvalue weighted by molar-refractivity contribution is 6.30. The van der Waals surface area contributed by atoms with Gasteiger partial charge < -0.3 is 34.3 Å². The molecule has 1 saturated carbocycles. The number of ether oxygens (including phenoxy) is 2. The molecule has 1 unspecified atom stereocenters. The number of amides is 2. The lowest BCUT2D eigenvalue weighted by molar-refractivity contribution is -0.797. The Labute approximate surface area is 238 Å². The number of nitrogens with zero attached hydrogens (tertiary/aromatic N) is 4. The SMILES string of the molecule is CC1=C(OC(=O)N2CCN(C(=O)[C@@H]3C[C@H](O[N+](=O)[O-])[C@H](O[N+](=O)[O-])C3)CC2)C2=COC(c3ccc(Cl)cc3)C2=CN1. The van der Waals surface area contributed by atoms with Crippen LogP contribution in [0.25, 0.3) is 0 Å². The molecule has 1 N–H and O–H groups in total. The molecule has 2 fully saturated rings. The maximum absolute atomic E-state index is 13.1. The number of halogens is 1. The zero-order chi connectivity index (χ0) is 29.3. The van der Waals surface area contributed by atoms with Crippen LogP contribution < -0.4 is 5.32 Å². The summed E-state index contributed by atoms with van der Waals surface area (Å²) >= 11 is 6.01. The zero-order valence-corrected chi connectivity index (χ0v) is 22.5. The van der Waals surface area contributed by atoms with Gasteiger partial charge in [-0.15, -0.1) is 20.2 Å². The third-order valence-corrected chi connectivity index (χ3v) is 7.65. The van der Waals surface area contributed by atoms with E-state index in [1.54, 1.807) is 31.5 Å². The fraction of sp³-hybridized carbons (Fsp3) is 0.440. The first-order valence-corrected chi connectivity index (χ1v) is 13.2. The lowest BCUT2D eigenvalue weighted by Crippen LogP contribution is -2.52. The van der Waals surface area contributed by atoms with Crippen molar-refractivity contribution in [1.82, 2.24) is 15.1 Å². The van der Waals surface area contributed by atoms with Crippen molar-refractivity contribution in [2.75, 3.05) is 26.2 Å². The van der Waals surface area contributed by atoms with E-state index in [1.165, 1.54) is 9.80 Å². The maximum Gasteiger partial charge on any atom is 0.415 e. The average Bonchev–Trinajstić information content (AvgIpc) is 3.54. The monoisotopic (exact) mass is 591 g/mol. The van der Waals surface area contributed by atoms with Gasteiger partial charge >= 0.3 is 6.09 Å². The van der Waals surface area contributed by atoms with E-state index in [2.05, 4.69) is 15.0 Å². The van der Waals surface area contributed by atoms with Gasteiger partial charge in [0.2, 0.25) is 5.91 Å². The lowest BCUT2D eigenvalue weighted by atomic mass is 9.95. The van der Waals surface area contributed by atoms with Crippen LogP contribution in [0.2, 0.25) is 5.02 Å². The Balaban J connectivity index is 1.16. The predicted molar refractivity (Wildman–Crippen MR) is 138 cm³/mol. The van der Waals surface area contributed by atoms with Crippen molar-refractivity contribution in [1.29, 1.82) is 0 Å². The minimum absolute atomic E-state index is 0.0922. The molecule has 1 saturated heterocycles. The van der Waals surface area contributed by atoms with Crippen LogP contribution in [0, 0.1) is 26.1 Å². The van der Waals surface area contributed by atoms with Gasteiger partial charge in [0.1, 0.15) is 12.2 Å². The first-order valence-electron chi connectivity index (χ1n) is 12.8. The molecule has 3 aliphatic heterocycles. The third kappa shape index (κ3) is 5.99. The predicted octanol–water partition coefficient (Wildman–Crippen LogP) is 2.86. The molecule has 3 heterocycles. The fourth-order valence-corrected chi connectivity index (χ4v) is 5.49. The van der Waals surface area contributed by atoms with Crippen molar-refractivity contribution in [2.45, 2.75) is 38.1 Å². The quantitative estimate of drug-likeness (QED) is 0.364. The van der Waals surface area contributed by atoms with E-state index in [0.29, 0.717) is 22.1 Å². The van der Waals surface area contributed by atoms with Crippen molar-refractivity contribution in [3.05, 3.63) is 90.1 Å². The summed E-state index contributed by atoms with van der Waals surface area (Å²) in [5.41, 5.74) is 2.95. The van der Waals surface area contributed by atoms with E-state index in [-0.39, 0.29) is 44.9 Å². The maximum atomic E-state index is 13.1. The first kappa shape index (κ1) is 28.0. The lowest BCUT2D eigenvalue weighted by Gasteiger charge is -2.35. The van der Waals surface area contributed by atoms with Gasteiger partial charge in [-0.05, 0) is 37.5 Å². The van der Waals surface area contributed by atoms with Gasteiger partial charge in [-0.1, -0.05) is 23.7 Å². The fourth-order valence-electron chi connectivity index (χ4n) is 5.36. The molecule has 1 aromatic rings. The summed E-state index contributed by atoms with van der Waals surface area (Å²) in [7, 11) is 0. The van der Waals surface area contributed by atoms with Crippen LogP contribution in [0.1, 0.15) is 31.4 Å². The van der Waals surface area contributed by atoms with Gasteiger partial charge in [-0.2, -0.15) is 0 Å². The van der Waals surface area contributed by atoms with E-state index in [1.807, 2.05) is 12.1 Å². The molecular formula is C25H26ClN5O10. The number of fused-ring (bicyclic) bond motifs is 1. The Morgan fingerprint density at radius 2 is 1.59 bits per heavy atom. The number of hydrogen-bond acceptors (Lipinski definition) is 11.